The van der Waals surface area contributed by atoms with Crippen LogP contribution >= 0.6 is 23.2 Å². The lowest BCUT2D eigenvalue weighted by molar-refractivity contribution is 0.0417. The number of halogens is 2. The number of likely N-dealkylation sites (N-methyl/N-ethyl adjacent to an activating group) is 1. The van der Waals surface area contributed by atoms with Gasteiger partial charge < -0.3 is 14.6 Å². The lowest BCUT2D eigenvalue weighted by Gasteiger charge is -2.21. The van der Waals surface area contributed by atoms with Crippen LogP contribution in [0.25, 0.3) is 0 Å². The zero-order chi connectivity index (χ0) is 14.4. The summed E-state index contributed by atoms with van der Waals surface area (Å²) < 4.78 is 10.2. The van der Waals surface area contributed by atoms with Gasteiger partial charge in [0, 0.05) is 30.8 Å². The summed E-state index contributed by atoms with van der Waals surface area (Å²) in [5.41, 5.74) is 0.882. The van der Waals surface area contributed by atoms with Crippen LogP contribution in [0.15, 0.2) is 12.1 Å². The molecule has 0 amide bonds. The molecule has 0 heterocycles. The van der Waals surface area contributed by atoms with E-state index in [1.165, 1.54) is 0 Å². The Balaban J connectivity index is 2.75. The van der Waals surface area contributed by atoms with E-state index in [2.05, 4.69) is 0 Å². The number of hydrogen-bond acceptors (Lipinski definition) is 4. The van der Waals surface area contributed by atoms with Gasteiger partial charge >= 0.3 is 0 Å². The zero-order valence-electron chi connectivity index (χ0n) is 11.3. The van der Waals surface area contributed by atoms with Gasteiger partial charge in [0.15, 0.2) is 0 Å². The van der Waals surface area contributed by atoms with Gasteiger partial charge in [-0.05, 0) is 19.2 Å². The van der Waals surface area contributed by atoms with Gasteiger partial charge in [-0.1, -0.05) is 23.2 Å². The zero-order valence-corrected chi connectivity index (χ0v) is 12.8. The molecule has 108 valence electrons. The van der Waals surface area contributed by atoms with Crippen LogP contribution in [0.3, 0.4) is 0 Å². The van der Waals surface area contributed by atoms with Crippen molar-refractivity contribution in [3.63, 3.8) is 0 Å². The van der Waals surface area contributed by atoms with Crippen molar-refractivity contribution in [2.75, 3.05) is 34.4 Å². The van der Waals surface area contributed by atoms with Crippen molar-refractivity contribution < 1.29 is 14.6 Å². The predicted octanol–water partition coefficient (Wildman–Crippen LogP) is 2.44. The van der Waals surface area contributed by atoms with E-state index in [1.54, 1.807) is 20.3 Å². The largest absolute Gasteiger partial charge is 0.495 e. The highest BCUT2D eigenvalue weighted by Crippen LogP contribution is 2.32. The Kier molecular flexibility index (Phi) is 6.89. The molecule has 0 radical (unpaired) electrons. The third kappa shape index (κ3) is 5.16. The van der Waals surface area contributed by atoms with Crippen molar-refractivity contribution >= 4 is 23.2 Å². The van der Waals surface area contributed by atoms with Crippen LogP contribution in [0.1, 0.15) is 5.56 Å². The average molecular weight is 308 g/mol. The second-order valence-electron chi connectivity index (χ2n) is 4.39. The molecule has 4 nitrogen and oxygen atoms in total. The summed E-state index contributed by atoms with van der Waals surface area (Å²) in [7, 11) is 5.02. The molecular formula is C13H19Cl2NO3. The maximum Gasteiger partial charge on any atom is 0.142 e. The van der Waals surface area contributed by atoms with Crippen molar-refractivity contribution in [3.8, 4) is 5.75 Å². The average Bonchev–Trinajstić information content (AvgIpc) is 2.28. The van der Waals surface area contributed by atoms with Gasteiger partial charge in [0.25, 0.3) is 0 Å². The third-order valence-electron chi connectivity index (χ3n) is 2.61. The summed E-state index contributed by atoms with van der Waals surface area (Å²) in [6, 6.07) is 3.46. The molecule has 1 aromatic rings. The molecule has 1 atom stereocenters. The first-order chi connectivity index (χ1) is 8.97. The highest BCUT2D eigenvalue weighted by Gasteiger charge is 2.14. The van der Waals surface area contributed by atoms with Gasteiger partial charge in [-0.25, -0.2) is 0 Å². The Morgan fingerprint density at radius 1 is 1.32 bits per heavy atom. The van der Waals surface area contributed by atoms with Crippen LogP contribution in [0.5, 0.6) is 5.75 Å². The Labute approximate surface area is 123 Å². The molecule has 0 aliphatic carbocycles. The Morgan fingerprint density at radius 2 is 2.00 bits per heavy atom. The standard InChI is InChI=1S/C13H19Cl2NO3/c1-16(7-11(17)8-18-2)6-9-4-10(14)5-12(15)13(9)19-3/h4-5,11,17H,6-8H2,1-3H3. The molecule has 1 rings (SSSR count). The minimum atomic E-state index is -0.532. The van der Waals surface area contributed by atoms with E-state index in [0.29, 0.717) is 35.5 Å². The van der Waals surface area contributed by atoms with E-state index in [9.17, 15) is 5.11 Å². The maximum atomic E-state index is 9.68. The van der Waals surface area contributed by atoms with Crippen molar-refractivity contribution in [1.82, 2.24) is 4.90 Å². The number of aliphatic hydroxyl groups excluding tert-OH is 1. The second-order valence-corrected chi connectivity index (χ2v) is 5.23. The second kappa shape index (κ2) is 7.92. The van der Waals surface area contributed by atoms with E-state index >= 15 is 0 Å². The fourth-order valence-corrected chi connectivity index (χ4v) is 2.53. The summed E-state index contributed by atoms with van der Waals surface area (Å²) in [6.45, 7) is 1.36. The van der Waals surface area contributed by atoms with E-state index in [1.807, 2.05) is 18.0 Å². The summed E-state index contributed by atoms with van der Waals surface area (Å²) in [4.78, 5) is 1.95. The number of hydrogen-bond donors (Lipinski definition) is 1. The summed E-state index contributed by atoms with van der Waals surface area (Å²) in [5.74, 6) is 0.610. The smallest absolute Gasteiger partial charge is 0.142 e. The van der Waals surface area contributed by atoms with Crippen LogP contribution in [0.2, 0.25) is 10.0 Å². The normalized spacial score (nSPS) is 12.8. The summed E-state index contributed by atoms with van der Waals surface area (Å²) >= 11 is 12.1. The molecule has 0 aliphatic heterocycles. The Bertz CT molecular complexity index is 415. The highest BCUT2D eigenvalue weighted by atomic mass is 35.5. The predicted molar refractivity (Wildman–Crippen MR) is 77.2 cm³/mol. The van der Waals surface area contributed by atoms with Gasteiger partial charge in [0.1, 0.15) is 5.75 Å². The lowest BCUT2D eigenvalue weighted by atomic mass is 10.2. The molecule has 1 aromatic carbocycles. The molecule has 0 saturated carbocycles. The number of benzene rings is 1. The Hall–Kier alpha value is -0.520. The van der Waals surface area contributed by atoms with E-state index in [-0.39, 0.29) is 0 Å². The van der Waals surface area contributed by atoms with Crippen LogP contribution < -0.4 is 4.74 Å². The first kappa shape index (κ1) is 16.5. The van der Waals surface area contributed by atoms with E-state index in [4.69, 9.17) is 32.7 Å². The SMILES string of the molecule is COCC(O)CN(C)Cc1cc(Cl)cc(Cl)c1OC. The molecule has 1 unspecified atom stereocenters. The van der Waals surface area contributed by atoms with Crippen molar-refractivity contribution in [1.29, 1.82) is 0 Å². The number of aliphatic hydroxyl groups is 1. The van der Waals surface area contributed by atoms with E-state index < -0.39 is 6.10 Å². The summed E-state index contributed by atoms with van der Waals surface area (Å²) in [6.07, 6.45) is -0.532. The Morgan fingerprint density at radius 3 is 2.58 bits per heavy atom. The molecular weight excluding hydrogens is 289 g/mol. The molecule has 0 bridgehead atoms. The number of methoxy groups -OCH3 is 2. The van der Waals surface area contributed by atoms with E-state index in [0.717, 1.165) is 5.56 Å². The monoisotopic (exact) mass is 307 g/mol. The summed E-state index contributed by atoms with van der Waals surface area (Å²) in [5, 5.41) is 10.7. The molecule has 0 aromatic heterocycles. The minimum Gasteiger partial charge on any atom is -0.495 e. The van der Waals surface area contributed by atoms with Crippen LogP contribution in [-0.4, -0.2) is 50.5 Å². The molecule has 1 N–H and O–H groups in total. The maximum absolute atomic E-state index is 9.68. The molecule has 0 saturated heterocycles. The van der Waals surface area contributed by atoms with Crippen molar-refractivity contribution in [3.05, 3.63) is 27.7 Å². The van der Waals surface area contributed by atoms with Gasteiger partial charge in [-0.15, -0.1) is 0 Å². The molecule has 0 aliphatic rings. The number of ether oxygens (including phenoxy) is 2. The highest BCUT2D eigenvalue weighted by molar-refractivity contribution is 6.35. The quantitative estimate of drug-likeness (QED) is 0.840. The lowest BCUT2D eigenvalue weighted by Crippen LogP contribution is -2.31. The molecule has 19 heavy (non-hydrogen) atoms. The van der Waals surface area contributed by atoms with Crippen LogP contribution in [0, 0.1) is 0 Å². The number of nitrogens with zero attached hydrogens (tertiary/aromatic N) is 1. The molecule has 0 spiro atoms. The van der Waals surface area contributed by atoms with Gasteiger partial charge in [-0.3, -0.25) is 4.90 Å². The van der Waals surface area contributed by atoms with Crippen molar-refractivity contribution in [2.24, 2.45) is 0 Å². The van der Waals surface area contributed by atoms with Gasteiger partial charge in [-0.2, -0.15) is 0 Å². The first-order valence-corrected chi connectivity index (χ1v) is 6.61. The fraction of sp³-hybridized carbons (Fsp3) is 0.538. The minimum absolute atomic E-state index is 0.303. The van der Waals surface area contributed by atoms with Gasteiger partial charge in [0.05, 0.1) is 24.8 Å². The molecule has 0 fully saturated rings. The first-order valence-electron chi connectivity index (χ1n) is 5.85. The van der Waals surface area contributed by atoms with Crippen LogP contribution in [0.4, 0.5) is 0 Å². The third-order valence-corrected chi connectivity index (χ3v) is 3.11. The molecule has 6 heteroatoms. The topological polar surface area (TPSA) is 41.9 Å². The van der Waals surface area contributed by atoms with Gasteiger partial charge in [0.2, 0.25) is 0 Å². The number of rotatable bonds is 7. The fourth-order valence-electron chi connectivity index (χ4n) is 1.92. The van der Waals surface area contributed by atoms with Crippen LogP contribution in [-0.2, 0) is 11.3 Å². The van der Waals surface area contributed by atoms with Crippen molar-refractivity contribution in [2.45, 2.75) is 12.6 Å².